The van der Waals surface area contributed by atoms with E-state index in [-0.39, 0.29) is 6.42 Å². The summed E-state index contributed by atoms with van der Waals surface area (Å²) in [6.45, 7) is 0. The van der Waals surface area contributed by atoms with E-state index in [1.807, 2.05) is 36.4 Å². The third kappa shape index (κ3) is 5.66. The molecule has 0 aromatic heterocycles. The van der Waals surface area contributed by atoms with Crippen LogP contribution in [0.2, 0.25) is 0 Å². The monoisotopic (exact) mass is 420 g/mol. The van der Waals surface area contributed by atoms with E-state index in [2.05, 4.69) is 21.2 Å². The molecule has 7 heteroatoms. The molecule has 0 radical (unpaired) electrons. The van der Waals surface area contributed by atoms with Crippen molar-refractivity contribution in [3.05, 3.63) is 70.2 Å². The smallest absolute Gasteiger partial charge is 0.326 e. The number of carboxylic acids is 1. The maximum absolute atomic E-state index is 12.2. The summed E-state index contributed by atoms with van der Waals surface area (Å²) in [5.41, 5.74) is 7.54. The van der Waals surface area contributed by atoms with Crippen molar-refractivity contribution in [1.29, 1.82) is 0 Å². The molecule has 0 bridgehead atoms. The molecule has 0 unspecified atom stereocenters. The van der Waals surface area contributed by atoms with Crippen LogP contribution in [0.5, 0.6) is 0 Å². The summed E-state index contributed by atoms with van der Waals surface area (Å²) in [6.07, 6.45) is -1.11. The summed E-state index contributed by atoms with van der Waals surface area (Å²) in [5, 5.41) is 21.9. The molecule has 2 aromatic carbocycles. The molecule has 0 saturated carbocycles. The molecule has 2 rings (SSSR count). The van der Waals surface area contributed by atoms with E-state index < -0.39 is 30.1 Å². The van der Waals surface area contributed by atoms with Crippen LogP contribution in [-0.2, 0) is 22.4 Å². The van der Waals surface area contributed by atoms with E-state index in [1.165, 1.54) is 0 Å². The van der Waals surface area contributed by atoms with Gasteiger partial charge in [-0.1, -0.05) is 64.5 Å². The number of aliphatic hydroxyl groups is 1. The number of rotatable bonds is 8. The Labute approximate surface area is 160 Å². The molecule has 0 aliphatic heterocycles. The maximum Gasteiger partial charge on any atom is 0.326 e. The highest BCUT2D eigenvalue weighted by Crippen LogP contribution is 2.17. The number of aliphatic carboxylic acids is 1. The predicted octanol–water partition coefficient (Wildman–Crippen LogP) is 1.49. The fraction of sp³-hybridized carbons (Fsp3) is 0.263. The second-order valence-electron chi connectivity index (χ2n) is 5.99. The molecular formula is C19H21BrN2O4. The van der Waals surface area contributed by atoms with Gasteiger partial charge >= 0.3 is 5.97 Å². The average molecular weight is 421 g/mol. The molecule has 0 saturated heterocycles. The quantitative estimate of drug-likeness (QED) is 0.516. The Morgan fingerprint density at radius 2 is 1.65 bits per heavy atom. The van der Waals surface area contributed by atoms with Gasteiger partial charge in [0.2, 0.25) is 0 Å². The molecule has 0 spiro atoms. The van der Waals surface area contributed by atoms with E-state index in [0.29, 0.717) is 6.42 Å². The van der Waals surface area contributed by atoms with Gasteiger partial charge in [-0.25, -0.2) is 4.79 Å². The molecule has 0 heterocycles. The lowest BCUT2D eigenvalue weighted by Crippen LogP contribution is -2.52. The fourth-order valence-corrected chi connectivity index (χ4v) is 2.98. The number of halogens is 1. The standard InChI is InChI=1S/C19H21BrN2O4/c20-14-9-5-4-8-13(14)11-16(19(25)26)22-18(24)17(23)15(21)10-12-6-2-1-3-7-12/h1-9,15-17,23H,10-11,21H2,(H,22,24)(H,25,26)/t15-,16+,17+/m1/s1. The Kier molecular flexibility index (Phi) is 7.32. The van der Waals surface area contributed by atoms with E-state index in [1.54, 1.807) is 18.2 Å². The number of amides is 1. The van der Waals surface area contributed by atoms with E-state index in [9.17, 15) is 19.8 Å². The number of nitrogens with two attached hydrogens (primary N) is 1. The van der Waals surface area contributed by atoms with Gasteiger partial charge in [0.15, 0.2) is 0 Å². The number of nitrogens with one attached hydrogen (secondary N) is 1. The van der Waals surface area contributed by atoms with Crippen molar-refractivity contribution >= 4 is 27.8 Å². The van der Waals surface area contributed by atoms with Gasteiger partial charge in [0.05, 0.1) is 0 Å². The number of carbonyl (C=O) groups is 2. The van der Waals surface area contributed by atoms with Gasteiger partial charge in [0.25, 0.3) is 5.91 Å². The van der Waals surface area contributed by atoms with Crippen LogP contribution in [0, 0.1) is 0 Å². The second-order valence-corrected chi connectivity index (χ2v) is 6.85. The van der Waals surface area contributed by atoms with Crippen molar-refractivity contribution in [2.45, 2.75) is 31.0 Å². The number of aliphatic hydroxyl groups excluding tert-OH is 1. The zero-order chi connectivity index (χ0) is 19.1. The first-order valence-electron chi connectivity index (χ1n) is 8.12. The van der Waals surface area contributed by atoms with Gasteiger partial charge < -0.3 is 21.3 Å². The van der Waals surface area contributed by atoms with Crippen LogP contribution < -0.4 is 11.1 Å². The van der Waals surface area contributed by atoms with Crippen molar-refractivity contribution in [2.75, 3.05) is 0 Å². The van der Waals surface area contributed by atoms with Crippen molar-refractivity contribution in [1.82, 2.24) is 5.32 Å². The number of carbonyl (C=O) groups excluding carboxylic acids is 1. The lowest BCUT2D eigenvalue weighted by molar-refractivity contribution is -0.143. The maximum atomic E-state index is 12.2. The third-order valence-electron chi connectivity index (χ3n) is 3.98. The normalized spacial score (nSPS) is 14.3. The zero-order valence-electron chi connectivity index (χ0n) is 14.0. The summed E-state index contributed by atoms with van der Waals surface area (Å²) < 4.78 is 0.752. The largest absolute Gasteiger partial charge is 0.480 e. The summed E-state index contributed by atoms with van der Waals surface area (Å²) in [7, 11) is 0. The molecule has 1 amide bonds. The highest BCUT2D eigenvalue weighted by Gasteiger charge is 2.28. The van der Waals surface area contributed by atoms with Gasteiger partial charge in [-0.3, -0.25) is 4.79 Å². The van der Waals surface area contributed by atoms with Crippen LogP contribution in [0.3, 0.4) is 0 Å². The summed E-state index contributed by atoms with van der Waals surface area (Å²) in [4.78, 5) is 23.7. The minimum absolute atomic E-state index is 0.0864. The summed E-state index contributed by atoms with van der Waals surface area (Å²) in [5.74, 6) is -1.98. The average Bonchev–Trinajstić information content (AvgIpc) is 2.62. The van der Waals surface area contributed by atoms with Gasteiger partial charge in [-0.15, -0.1) is 0 Å². The Morgan fingerprint density at radius 1 is 1.04 bits per heavy atom. The molecule has 0 aliphatic carbocycles. The Morgan fingerprint density at radius 3 is 2.27 bits per heavy atom. The fourth-order valence-electron chi connectivity index (χ4n) is 2.53. The second kappa shape index (κ2) is 9.47. The molecule has 2 aromatic rings. The van der Waals surface area contributed by atoms with Crippen LogP contribution in [-0.4, -0.2) is 40.3 Å². The van der Waals surface area contributed by atoms with Crippen molar-refractivity contribution < 1.29 is 19.8 Å². The topological polar surface area (TPSA) is 113 Å². The van der Waals surface area contributed by atoms with Gasteiger partial charge in [-0.05, 0) is 23.6 Å². The molecule has 6 nitrogen and oxygen atoms in total. The van der Waals surface area contributed by atoms with Crippen LogP contribution in [0.1, 0.15) is 11.1 Å². The minimum Gasteiger partial charge on any atom is -0.480 e. The van der Waals surface area contributed by atoms with E-state index in [0.717, 1.165) is 15.6 Å². The molecule has 5 N–H and O–H groups in total. The van der Waals surface area contributed by atoms with Crippen molar-refractivity contribution in [3.63, 3.8) is 0 Å². The predicted molar refractivity (Wildman–Crippen MR) is 102 cm³/mol. The zero-order valence-corrected chi connectivity index (χ0v) is 15.6. The van der Waals surface area contributed by atoms with E-state index >= 15 is 0 Å². The van der Waals surface area contributed by atoms with Crippen molar-refractivity contribution in [2.24, 2.45) is 5.73 Å². The molecule has 26 heavy (non-hydrogen) atoms. The molecule has 138 valence electrons. The summed E-state index contributed by atoms with van der Waals surface area (Å²) in [6, 6.07) is 14.4. The Hall–Kier alpha value is -2.22. The third-order valence-corrected chi connectivity index (χ3v) is 4.76. The minimum atomic E-state index is -1.50. The highest BCUT2D eigenvalue weighted by molar-refractivity contribution is 9.10. The van der Waals surface area contributed by atoms with Crippen LogP contribution in [0.25, 0.3) is 0 Å². The highest BCUT2D eigenvalue weighted by atomic mass is 79.9. The molecular weight excluding hydrogens is 400 g/mol. The van der Waals surface area contributed by atoms with Crippen LogP contribution in [0.15, 0.2) is 59.1 Å². The number of hydrogen-bond acceptors (Lipinski definition) is 4. The summed E-state index contributed by atoms with van der Waals surface area (Å²) >= 11 is 3.35. The number of benzene rings is 2. The van der Waals surface area contributed by atoms with Crippen LogP contribution >= 0.6 is 15.9 Å². The van der Waals surface area contributed by atoms with E-state index in [4.69, 9.17) is 5.73 Å². The van der Waals surface area contributed by atoms with Gasteiger partial charge in [0, 0.05) is 16.9 Å². The van der Waals surface area contributed by atoms with Gasteiger partial charge in [-0.2, -0.15) is 0 Å². The molecule has 0 fully saturated rings. The lowest BCUT2D eigenvalue weighted by atomic mass is 10.0. The van der Waals surface area contributed by atoms with Crippen molar-refractivity contribution in [3.8, 4) is 0 Å². The lowest BCUT2D eigenvalue weighted by Gasteiger charge is -2.21. The molecule has 0 aliphatic rings. The van der Waals surface area contributed by atoms with Gasteiger partial charge in [0.1, 0.15) is 12.1 Å². The number of hydrogen-bond donors (Lipinski definition) is 4. The first-order valence-corrected chi connectivity index (χ1v) is 8.92. The van der Waals surface area contributed by atoms with Crippen LogP contribution in [0.4, 0.5) is 0 Å². The first-order chi connectivity index (χ1) is 12.4. The first kappa shape index (κ1) is 20.1. The Balaban J connectivity index is 2.00. The molecule has 3 atom stereocenters. The Bertz CT molecular complexity index is 754. The SMILES string of the molecule is N[C@H](Cc1ccccc1)[C@H](O)C(=O)N[C@@H](Cc1ccccc1Br)C(=O)O. The number of carboxylic acid groups (broad SMARTS) is 1.